The van der Waals surface area contributed by atoms with Crippen molar-refractivity contribution >= 4 is 29.4 Å². The van der Waals surface area contributed by atoms with Gasteiger partial charge >= 0.3 is 0 Å². The third kappa shape index (κ3) is 5.47. The molecule has 0 spiro atoms. The number of hydrogen-bond donors (Lipinski definition) is 1. The third-order valence-corrected chi connectivity index (χ3v) is 6.18. The van der Waals surface area contributed by atoms with Crippen molar-refractivity contribution in [1.82, 2.24) is 20.1 Å². The third-order valence-electron chi connectivity index (χ3n) is 4.81. The van der Waals surface area contributed by atoms with Crippen molar-refractivity contribution in [3.05, 3.63) is 35.7 Å². The van der Waals surface area contributed by atoms with E-state index in [0.717, 1.165) is 23.8 Å². The number of benzene rings is 1. The van der Waals surface area contributed by atoms with Crippen LogP contribution in [0.5, 0.6) is 0 Å². The van der Waals surface area contributed by atoms with Gasteiger partial charge in [-0.25, -0.2) is 0 Å². The zero-order chi connectivity index (χ0) is 19.9. The lowest BCUT2D eigenvalue weighted by Gasteiger charge is -2.16. The number of hydrogen-bond acceptors (Lipinski definition) is 5. The summed E-state index contributed by atoms with van der Waals surface area (Å²) >= 11 is 2.09. The first-order valence-corrected chi connectivity index (χ1v) is 11.5. The number of alkyl halides is 2. The lowest BCUT2D eigenvalue weighted by Crippen LogP contribution is -2.25. The van der Waals surface area contributed by atoms with E-state index in [1.54, 1.807) is 36.0 Å². The fraction of sp³-hybridized carbons (Fsp3) is 0.526. The Balaban J connectivity index is 1.49. The maximum Gasteiger partial charge on any atom is 0.288 e. The van der Waals surface area contributed by atoms with Gasteiger partial charge in [0, 0.05) is 29.5 Å². The number of rotatable bonds is 9. The predicted octanol–water partition coefficient (Wildman–Crippen LogP) is 4.79. The average Bonchev–Trinajstić information content (AvgIpc) is 3.34. The van der Waals surface area contributed by atoms with Crippen molar-refractivity contribution in [1.29, 1.82) is 0 Å². The summed E-state index contributed by atoms with van der Waals surface area (Å²) in [5.41, 5.74) is 0.470. The second-order valence-electron chi connectivity index (χ2n) is 6.67. The first-order valence-electron chi connectivity index (χ1n) is 9.39. The normalized spacial score (nSPS) is 14.7. The van der Waals surface area contributed by atoms with E-state index in [9.17, 15) is 13.6 Å². The number of carbonyl (C=O) groups is 1. The number of halogens is 2. The molecule has 1 aliphatic rings. The van der Waals surface area contributed by atoms with Crippen LogP contribution < -0.4 is 5.32 Å². The van der Waals surface area contributed by atoms with Gasteiger partial charge in [-0.15, -0.1) is 10.2 Å². The zero-order valence-electron chi connectivity index (χ0n) is 15.7. The Morgan fingerprint density at radius 1 is 1.25 bits per heavy atom. The molecule has 1 amide bonds. The van der Waals surface area contributed by atoms with Crippen LogP contribution in [0.1, 0.15) is 54.3 Å². The number of carbonyl (C=O) groups excluding carboxylic acids is 1. The Kier molecular flexibility index (Phi) is 7.73. The Labute approximate surface area is 172 Å². The van der Waals surface area contributed by atoms with Gasteiger partial charge in [-0.05, 0) is 49.8 Å². The molecule has 0 aliphatic heterocycles. The largest absolute Gasteiger partial charge is 0.352 e. The molecule has 1 heterocycles. The highest BCUT2D eigenvalue weighted by Gasteiger charge is 2.23. The van der Waals surface area contributed by atoms with Crippen LogP contribution in [0.4, 0.5) is 8.78 Å². The highest BCUT2D eigenvalue weighted by molar-refractivity contribution is 7.99. The molecule has 1 aliphatic carbocycles. The van der Waals surface area contributed by atoms with E-state index in [1.807, 2.05) is 6.26 Å². The van der Waals surface area contributed by atoms with Crippen molar-refractivity contribution in [2.75, 3.05) is 12.8 Å². The molecule has 1 N–H and O–H groups in total. The number of thioether (sulfide) groups is 2. The predicted molar refractivity (Wildman–Crippen MR) is 108 cm³/mol. The molecule has 0 atom stereocenters. The van der Waals surface area contributed by atoms with Crippen molar-refractivity contribution in [2.24, 2.45) is 0 Å². The minimum atomic E-state index is -2.46. The molecule has 1 fully saturated rings. The van der Waals surface area contributed by atoms with Crippen LogP contribution in [0, 0.1) is 0 Å². The molecule has 0 radical (unpaired) electrons. The summed E-state index contributed by atoms with van der Waals surface area (Å²) < 4.78 is 27.0. The van der Waals surface area contributed by atoms with Crippen LogP contribution in [-0.2, 0) is 6.42 Å². The second kappa shape index (κ2) is 10.2. The number of amides is 1. The Hall–Kier alpha value is -1.61. The van der Waals surface area contributed by atoms with Gasteiger partial charge < -0.3 is 9.88 Å². The molecule has 3 rings (SSSR count). The van der Waals surface area contributed by atoms with Crippen molar-refractivity contribution in [3.8, 4) is 0 Å². The lowest BCUT2D eigenvalue weighted by molar-refractivity contribution is 0.0953. The topological polar surface area (TPSA) is 59.8 Å². The molecule has 5 nitrogen and oxygen atoms in total. The van der Waals surface area contributed by atoms with Crippen LogP contribution in [-0.4, -0.2) is 39.2 Å². The molecule has 0 unspecified atom stereocenters. The summed E-state index contributed by atoms with van der Waals surface area (Å²) in [6, 6.07) is 6.72. The minimum absolute atomic E-state index is 0.198. The van der Waals surface area contributed by atoms with Gasteiger partial charge in [-0.2, -0.15) is 8.78 Å². The van der Waals surface area contributed by atoms with Crippen LogP contribution in [0.25, 0.3) is 0 Å². The molecule has 0 saturated heterocycles. The van der Waals surface area contributed by atoms with E-state index >= 15 is 0 Å². The SMILES string of the molecule is CSc1nnc(CCCNC(=O)c2ccc(SC(F)F)cc2)n1C1CCCC1. The Morgan fingerprint density at radius 3 is 2.61 bits per heavy atom. The van der Waals surface area contributed by atoms with Gasteiger partial charge in [0.1, 0.15) is 5.82 Å². The van der Waals surface area contributed by atoms with Gasteiger partial charge in [0.25, 0.3) is 11.7 Å². The van der Waals surface area contributed by atoms with Crippen LogP contribution in [0.3, 0.4) is 0 Å². The van der Waals surface area contributed by atoms with E-state index in [4.69, 9.17) is 0 Å². The first kappa shape index (κ1) is 21.1. The smallest absolute Gasteiger partial charge is 0.288 e. The van der Waals surface area contributed by atoms with E-state index in [1.165, 1.54) is 25.7 Å². The zero-order valence-corrected chi connectivity index (χ0v) is 17.4. The summed E-state index contributed by atoms with van der Waals surface area (Å²) in [6.45, 7) is 0.526. The monoisotopic (exact) mass is 426 g/mol. The molecule has 152 valence electrons. The van der Waals surface area contributed by atoms with Gasteiger partial charge in [0.15, 0.2) is 5.16 Å². The molecular weight excluding hydrogens is 402 g/mol. The molecule has 1 aromatic heterocycles. The molecule has 1 aromatic carbocycles. The van der Waals surface area contributed by atoms with Gasteiger partial charge in [-0.1, -0.05) is 36.4 Å². The summed E-state index contributed by atoms with van der Waals surface area (Å²) in [4.78, 5) is 12.7. The second-order valence-corrected chi connectivity index (χ2v) is 8.51. The molecule has 28 heavy (non-hydrogen) atoms. The van der Waals surface area contributed by atoms with Crippen LogP contribution in [0.2, 0.25) is 0 Å². The van der Waals surface area contributed by atoms with Gasteiger partial charge in [0.2, 0.25) is 0 Å². The highest BCUT2D eigenvalue weighted by Crippen LogP contribution is 2.33. The van der Waals surface area contributed by atoms with Crippen LogP contribution >= 0.6 is 23.5 Å². The number of aromatic nitrogens is 3. The summed E-state index contributed by atoms with van der Waals surface area (Å²) in [5, 5.41) is 12.5. The molecular formula is C19H24F2N4OS2. The fourth-order valence-corrected chi connectivity index (χ4v) is 4.56. The van der Waals surface area contributed by atoms with Crippen molar-refractivity contribution in [2.45, 2.75) is 60.4 Å². The lowest BCUT2D eigenvalue weighted by atomic mass is 10.2. The maximum absolute atomic E-state index is 12.3. The standard InChI is InChI=1S/C19H24F2N4OS2/c1-27-19-24-23-16(25(19)14-5-2-3-6-14)7-4-12-22-17(26)13-8-10-15(11-9-13)28-18(20)21/h8-11,14,18H,2-7,12H2,1H3,(H,22,26). The summed E-state index contributed by atoms with van der Waals surface area (Å²) in [5.74, 6) is -1.67. The molecule has 9 heteroatoms. The molecule has 0 bridgehead atoms. The van der Waals surface area contributed by atoms with E-state index in [-0.39, 0.29) is 5.91 Å². The highest BCUT2D eigenvalue weighted by atomic mass is 32.2. The summed E-state index contributed by atoms with van der Waals surface area (Å²) in [7, 11) is 0. The van der Waals surface area contributed by atoms with E-state index in [2.05, 4.69) is 20.1 Å². The van der Waals surface area contributed by atoms with E-state index < -0.39 is 5.76 Å². The minimum Gasteiger partial charge on any atom is -0.352 e. The van der Waals surface area contributed by atoms with Crippen molar-refractivity contribution < 1.29 is 13.6 Å². The van der Waals surface area contributed by atoms with E-state index in [0.29, 0.717) is 34.8 Å². The summed E-state index contributed by atoms with van der Waals surface area (Å²) in [6.07, 6.45) is 8.40. The Morgan fingerprint density at radius 2 is 1.96 bits per heavy atom. The quantitative estimate of drug-likeness (QED) is 0.461. The van der Waals surface area contributed by atoms with Crippen molar-refractivity contribution in [3.63, 3.8) is 0 Å². The molecule has 1 saturated carbocycles. The van der Waals surface area contributed by atoms with Crippen LogP contribution in [0.15, 0.2) is 34.3 Å². The number of aryl methyl sites for hydroxylation is 1. The Bertz CT molecular complexity index is 777. The maximum atomic E-state index is 12.3. The molecule has 2 aromatic rings. The van der Waals surface area contributed by atoms with Gasteiger partial charge in [-0.3, -0.25) is 4.79 Å². The first-order chi connectivity index (χ1) is 13.6. The number of nitrogens with one attached hydrogen (secondary N) is 1. The average molecular weight is 427 g/mol. The fourth-order valence-electron chi connectivity index (χ4n) is 3.48. The van der Waals surface area contributed by atoms with Gasteiger partial charge in [0.05, 0.1) is 0 Å². The number of nitrogens with zero attached hydrogens (tertiary/aromatic N) is 3.